The number of ether oxygens (including phenoxy) is 2. The van der Waals surface area contributed by atoms with E-state index in [2.05, 4.69) is 47.8 Å². The van der Waals surface area contributed by atoms with Gasteiger partial charge < -0.3 is 14.8 Å². The Balaban J connectivity index is 0.000000177. The lowest BCUT2D eigenvalue weighted by Crippen LogP contribution is -2.11. The van der Waals surface area contributed by atoms with Gasteiger partial charge in [0.25, 0.3) is 0 Å². The summed E-state index contributed by atoms with van der Waals surface area (Å²) in [6.07, 6.45) is 4.05. The maximum atomic E-state index is 5.06. The molecule has 0 aliphatic carbocycles. The zero-order chi connectivity index (χ0) is 15.1. The van der Waals surface area contributed by atoms with Crippen LogP contribution >= 0.6 is 0 Å². The van der Waals surface area contributed by atoms with Crippen LogP contribution in [0.2, 0.25) is 0 Å². The van der Waals surface area contributed by atoms with Gasteiger partial charge in [-0.25, -0.2) is 0 Å². The Kier molecular flexibility index (Phi) is 5.78. The van der Waals surface area contributed by atoms with E-state index in [1.807, 2.05) is 27.0 Å². The molecule has 0 aromatic heterocycles. The van der Waals surface area contributed by atoms with Crippen LogP contribution in [-0.4, -0.2) is 19.5 Å². The van der Waals surface area contributed by atoms with E-state index in [1.165, 1.54) is 22.0 Å². The van der Waals surface area contributed by atoms with Gasteiger partial charge >= 0.3 is 0 Å². The van der Waals surface area contributed by atoms with Crippen LogP contribution in [0, 0.1) is 0 Å². The van der Waals surface area contributed by atoms with Crippen molar-refractivity contribution in [1.82, 2.24) is 0 Å². The SMILES string of the molecule is C1=Cc2cccc3cccc(c23)N1.CCOC(C)OCC. The molecule has 0 spiro atoms. The zero-order valence-electron chi connectivity index (χ0n) is 12.9. The number of rotatable bonds is 4. The van der Waals surface area contributed by atoms with E-state index in [-0.39, 0.29) is 6.29 Å². The molecular weight excluding hydrogens is 262 g/mol. The van der Waals surface area contributed by atoms with Crippen LogP contribution in [0.3, 0.4) is 0 Å². The van der Waals surface area contributed by atoms with E-state index < -0.39 is 0 Å². The van der Waals surface area contributed by atoms with E-state index in [0.29, 0.717) is 0 Å². The van der Waals surface area contributed by atoms with Crippen LogP contribution in [0.5, 0.6) is 0 Å². The number of benzene rings is 2. The van der Waals surface area contributed by atoms with Gasteiger partial charge in [-0.15, -0.1) is 0 Å². The van der Waals surface area contributed by atoms with E-state index in [4.69, 9.17) is 9.47 Å². The number of hydrogen-bond acceptors (Lipinski definition) is 3. The van der Waals surface area contributed by atoms with Crippen molar-refractivity contribution < 1.29 is 9.47 Å². The average Bonchev–Trinajstić information content (AvgIpc) is 2.50. The van der Waals surface area contributed by atoms with Crippen LogP contribution < -0.4 is 5.32 Å². The molecule has 0 amide bonds. The number of anilines is 1. The lowest BCUT2D eigenvalue weighted by atomic mass is 10.0. The van der Waals surface area contributed by atoms with Crippen molar-refractivity contribution in [3.05, 3.63) is 48.2 Å². The maximum absolute atomic E-state index is 5.06. The van der Waals surface area contributed by atoms with Crippen LogP contribution in [0.1, 0.15) is 26.3 Å². The smallest absolute Gasteiger partial charge is 0.154 e. The quantitative estimate of drug-likeness (QED) is 0.830. The van der Waals surface area contributed by atoms with E-state index in [9.17, 15) is 0 Å². The van der Waals surface area contributed by atoms with Crippen molar-refractivity contribution in [2.45, 2.75) is 27.1 Å². The normalized spacial score (nSPS) is 12.0. The fourth-order valence-corrected chi connectivity index (χ4v) is 2.37. The van der Waals surface area contributed by atoms with Crippen molar-refractivity contribution >= 4 is 22.5 Å². The summed E-state index contributed by atoms with van der Waals surface area (Å²) in [7, 11) is 0. The van der Waals surface area contributed by atoms with Gasteiger partial charge in [-0.1, -0.05) is 30.3 Å². The highest BCUT2D eigenvalue weighted by atomic mass is 16.7. The van der Waals surface area contributed by atoms with E-state index >= 15 is 0 Å². The molecule has 3 heteroatoms. The maximum Gasteiger partial charge on any atom is 0.154 e. The minimum absolute atomic E-state index is 0.0370. The fraction of sp³-hybridized carbons (Fsp3) is 0.333. The van der Waals surface area contributed by atoms with Gasteiger partial charge in [-0.2, -0.15) is 0 Å². The second-order valence-corrected chi connectivity index (χ2v) is 4.71. The van der Waals surface area contributed by atoms with Crippen LogP contribution in [0.15, 0.2) is 42.6 Å². The van der Waals surface area contributed by atoms with Gasteiger partial charge in [0.05, 0.1) is 0 Å². The summed E-state index contributed by atoms with van der Waals surface area (Å²) in [6.45, 7) is 7.25. The molecule has 1 aliphatic heterocycles. The molecule has 1 N–H and O–H groups in total. The molecule has 0 radical (unpaired) electrons. The molecule has 0 atom stereocenters. The van der Waals surface area contributed by atoms with Gasteiger partial charge in [0, 0.05) is 30.5 Å². The number of nitrogens with one attached hydrogen (secondary N) is 1. The lowest BCUT2D eigenvalue weighted by molar-refractivity contribution is -0.123. The summed E-state index contributed by atoms with van der Waals surface area (Å²) < 4.78 is 10.1. The Labute approximate surface area is 126 Å². The van der Waals surface area contributed by atoms with Gasteiger partial charge in [-0.3, -0.25) is 0 Å². The highest BCUT2D eigenvalue weighted by molar-refractivity contribution is 6.02. The Morgan fingerprint density at radius 3 is 2.33 bits per heavy atom. The highest BCUT2D eigenvalue weighted by Crippen LogP contribution is 2.30. The monoisotopic (exact) mass is 285 g/mol. The van der Waals surface area contributed by atoms with Crippen molar-refractivity contribution in [2.24, 2.45) is 0 Å². The summed E-state index contributed by atoms with van der Waals surface area (Å²) >= 11 is 0. The summed E-state index contributed by atoms with van der Waals surface area (Å²) in [4.78, 5) is 0. The molecular formula is C18H23NO2. The third kappa shape index (κ3) is 4.06. The Bertz CT molecular complexity index is 596. The van der Waals surface area contributed by atoms with Crippen LogP contribution in [0.4, 0.5) is 5.69 Å². The molecule has 21 heavy (non-hydrogen) atoms. The topological polar surface area (TPSA) is 30.5 Å². The number of hydrogen-bond donors (Lipinski definition) is 1. The van der Waals surface area contributed by atoms with Gasteiger partial charge in [-0.05, 0) is 43.9 Å². The molecule has 0 bridgehead atoms. The Hall–Kier alpha value is -1.84. The molecule has 1 heterocycles. The Morgan fingerprint density at radius 2 is 1.67 bits per heavy atom. The van der Waals surface area contributed by atoms with Gasteiger partial charge in [0.2, 0.25) is 0 Å². The van der Waals surface area contributed by atoms with Crippen molar-refractivity contribution in [1.29, 1.82) is 0 Å². The first-order valence-electron chi connectivity index (χ1n) is 7.44. The second-order valence-electron chi connectivity index (χ2n) is 4.71. The second kappa shape index (κ2) is 7.81. The standard InChI is InChI=1S/C12H9N.C6H14O2/c1-3-9-5-2-6-11-12(9)10(4-1)7-8-13-11;1-4-7-6(3)8-5-2/h1-8,13H;6H,4-5H2,1-3H3. The summed E-state index contributed by atoms with van der Waals surface area (Å²) in [5.41, 5.74) is 2.50. The van der Waals surface area contributed by atoms with Gasteiger partial charge in [0.15, 0.2) is 6.29 Å². The molecule has 3 nitrogen and oxygen atoms in total. The van der Waals surface area contributed by atoms with Crippen molar-refractivity contribution in [3.8, 4) is 0 Å². The molecule has 2 aromatic carbocycles. The third-order valence-electron chi connectivity index (χ3n) is 3.24. The first kappa shape index (κ1) is 15.5. The van der Waals surface area contributed by atoms with E-state index in [0.717, 1.165) is 13.2 Å². The molecule has 2 aromatic rings. The molecule has 0 saturated carbocycles. The Morgan fingerprint density at radius 1 is 1.00 bits per heavy atom. The van der Waals surface area contributed by atoms with Crippen LogP contribution in [-0.2, 0) is 9.47 Å². The van der Waals surface area contributed by atoms with Gasteiger partial charge in [0.1, 0.15) is 0 Å². The minimum Gasteiger partial charge on any atom is -0.361 e. The highest BCUT2D eigenvalue weighted by Gasteiger charge is 2.05. The molecule has 0 saturated heterocycles. The van der Waals surface area contributed by atoms with Crippen molar-refractivity contribution in [2.75, 3.05) is 18.5 Å². The van der Waals surface area contributed by atoms with E-state index in [1.54, 1.807) is 0 Å². The predicted molar refractivity (Wildman–Crippen MR) is 89.3 cm³/mol. The van der Waals surface area contributed by atoms with Crippen molar-refractivity contribution in [3.63, 3.8) is 0 Å². The summed E-state index contributed by atoms with van der Waals surface area (Å²) in [5, 5.41) is 5.87. The largest absolute Gasteiger partial charge is 0.361 e. The first-order valence-corrected chi connectivity index (χ1v) is 7.44. The summed E-state index contributed by atoms with van der Waals surface area (Å²) in [6, 6.07) is 12.7. The minimum atomic E-state index is -0.0370. The third-order valence-corrected chi connectivity index (χ3v) is 3.24. The molecule has 0 fully saturated rings. The summed E-state index contributed by atoms with van der Waals surface area (Å²) in [5.74, 6) is 0. The lowest BCUT2D eigenvalue weighted by Gasteiger charge is -2.13. The molecule has 112 valence electrons. The predicted octanol–water partition coefficient (Wildman–Crippen LogP) is 4.64. The first-order chi connectivity index (χ1) is 10.3. The fourth-order valence-electron chi connectivity index (χ4n) is 2.37. The average molecular weight is 285 g/mol. The molecule has 3 rings (SSSR count). The molecule has 0 unspecified atom stereocenters. The van der Waals surface area contributed by atoms with Crippen LogP contribution in [0.25, 0.3) is 16.8 Å². The zero-order valence-corrected chi connectivity index (χ0v) is 12.9. The molecule has 1 aliphatic rings.